The number of nitrogens with zero attached hydrogens (tertiary/aromatic N) is 1. The van der Waals surface area contributed by atoms with Gasteiger partial charge in [-0.25, -0.2) is 9.18 Å². The molecule has 1 aliphatic rings. The molecular formula is C14H15ClFNO3S. The molecule has 0 aliphatic carbocycles. The van der Waals surface area contributed by atoms with E-state index < -0.39 is 23.7 Å². The van der Waals surface area contributed by atoms with Gasteiger partial charge in [0.2, 0.25) is 0 Å². The van der Waals surface area contributed by atoms with E-state index >= 15 is 0 Å². The maximum atomic E-state index is 13.1. The normalized spacial score (nSPS) is 21.9. The minimum Gasteiger partial charge on any atom is -0.480 e. The van der Waals surface area contributed by atoms with Crippen LogP contribution in [0.5, 0.6) is 0 Å². The fourth-order valence-corrected chi connectivity index (χ4v) is 4.01. The van der Waals surface area contributed by atoms with Gasteiger partial charge in [0, 0.05) is 5.75 Å². The van der Waals surface area contributed by atoms with E-state index in [4.69, 9.17) is 11.6 Å². The van der Waals surface area contributed by atoms with Gasteiger partial charge in [0.1, 0.15) is 11.9 Å². The summed E-state index contributed by atoms with van der Waals surface area (Å²) in [5, 5.41) is 9.05. The first-order chi connectivity index (χ1) is 9.82. The van der Waals surface area contributed by atoms with Crippen molar-refractivity contribution >= 4 is 35.2 Å². The van der Waals surface area contributed by atoms with Crippen LogP contribution in [-0.4, -0.2) is 39.1 Å². The topological polar surface area (TPSA) is 57.6 Å². The van der Waals surface area contributed by atoms with Crippen LogP contribution in [-0.2, 0) is 4.79 Å². The maximum Gasteiger partial charge on any atom is 0.327 e. The number of hydrogen-bond acceptors (Lipinski definition) is 3. The van der Waals surface area contributed by atoms with E-state index in [2.05, 4.69) is 0 Å². The highest BCUT2D eigenvalue weighted by Gasteiger charge is 2.43. The lowest BCUT2D eigenvalue weighted by atomic mass is 10.1. The molecule has 1 amide bonds. The van der Waals surface area contributed by atoms with Crippen molar-refractivity contribution in [3.63, 3.8) is 0 Å². The summed E-state index contributed by atoms with van der Waals surface area (Å²) in [4.78, 5) is 25.3. The molecule has 1 N–H and O–H groups in total. The van der Waals surface area contributed by atoms with E-state index in [1.54, 1.807) is 0 Å². The summed E-state index contributed by atoms with van der Waals surface area (Å²) in [6, 6.07) is 2.59. The molecule has 2 rings (SSSR count). The third-order valence-electron chi connectivity index (χ3n) is 3.29. The molecular weight excluding hydrogens is 317 g/mol. The third-order valence-corrected chi connectivity index (χ3v) is 5.22. The van der Waals surface area contributed by atoms with Crippen molar-refractivity contribution in [1.82, 2.24) is 4.90 Å². The number of carbonyl (C=O) groups is 2. The van der Waals surface area contributed by atoms with E-state index in [1.165, 1.54) is 22.7 Å². The summed E-state index contributed by atoms with van der Waals surface area (Å²) >= 11 is 7.35. The van der Waals surface area contributed by atoms with E-state index in [0.717, 1.165) is 12.1 Å². The van der Waals surface area contributed by atoms with E-state index in [1.807, 2.05) is 13.8 Å². The van der Waals surface area contributed by atoms with Crippen LogP contribution in [0.3, 0.4) is 0 Å². The molecule has 114 valence electrons. The summed E-state index contributed by atoms with van der Waals surface area (Å²) < 4.78 is 13.1. The van der Waals surface area contributed by atoms with Crippen molar-refractivity contribution in [2.24, 2.45) is 5.92 Å². The van der Waals surface area contributed by atoms with Gasteiger partial charge in [-0.3, -0.25) is 4.79 Å². The Morgan fingerprint density at radius 2 is 2.14 bits per heavy atom. The first-order valence-corrected chi connectivity index (χ1v) is 7.87. The van der Waals surface area contributed by atoms with Crippen molar-refractivity contribution in [2.75, 3.05) is 5.75 Å². The lowest BCUT2D eigenvalue weighted by Gasteiger charge is -2.30. The van der Waals surface area contributed by atoms with Crippen LogP contribution in [0.25, 0.3) is 0 Å². The molecule has 1 aliphatic heterocycles. The molecule has 1 aromatic rings. The number of thioether (sulfide) groups is 1. The van der Waals surface area contributed by atoms with Crippen molar-refractivity contribution in [3.8, 4) is 0 Å². The minimum absolute atomic E-state index is 0.0106. The smallest absolute Gasteiger partial charge is 0.327 e. The van der Waals surface area contributed by atoms with E-state index in [-0.39, 0.29) is 21.9 Å². The molecule has 1 aromatic carbocycles. The van der Waals surface area contributed by atoms with Crippen LogP contribution in [0.4, 0.5) is 4.39 Å². The lowest BCUT2D eigenvalue weighted by Crippen LogP contribution is -2.47. The zero-order valence-electron chi connectivity index (χ0n) is 11.5. The zero-order chi connectivity index (χ0) is 15.7. The second-order valence-electron chi connectivity index (χ2n) is 5.16. The van der Waals surface area contributed by atoms with E-state index in [9.17, 15) is 19.1 Å². The molecule has 0 saturated carbocycles. The Bertz CT molecular complexity index is 581. The second-order valence-corrected chi connectivity index (χ2v) is 6.72. The quantitative estimate of drug-likeness (QED) is 0.924. The summed E-state index contributed by atoms with van der Waals surface area (Å²) in [6.45, 7) is 3.85. The number of rotatable bonds is 3. The first-order valence-electron chi connectivity index (χ1n) is 6.45. The number of benzene rings is 1. The maximum absolute atomic E-state index is 13.1. The van der Waals surface area contributed by atoms with E-state index in [0.29, 0.717) is 5.75 Å². The Kier molecular flexibility index (Phi) is 4.78. The third kappa shape index (κ3) is 3.16. The number of amides is 1. The zero-order valence-corrected chi connectivity index (χ0v) is 13.1. The summed E-state index contributed by atoms with van der Waals surface area (Å²) in [7, 11) is 0. The molecule has 0 aromatic heterocycles. The number of carboxylic acid groups (broad SMARTS) is 1. The first kappa shape index (κ1) is 16.1. The number of aliphatic carboxylic acids is 1. The Labute approximate surface area is 131 Å². The molecule has 1 saturated heterocycles. The predicted octanol–water partition coefficient (Wildman–Crippen LogP) is 3.10. The van der Waals surface area contributed by atoms with Gasteiger partial charge in [0.25, 0.3) is 5.91 Å². The van der Waals surface area contributed by atoms with Gasteiger partial charge < -0.3 is 10.0 Å². The van der Waals surface area contributed by atoms with Crippen molar-refractivity contribution in [2.45, 2.75) is 25.3 Å². The summed E-state index contributed by atoms with van der Waals surface area (Å²) in [5.74, 6) is -1.62. The van der Waals surface area contributed by atoms with Crippen LogP contribution in [0, 0.1) is 11.7 Å². The van der Waals surface area contributed by atoms with Gasteiger partial charge in [-0.15, -0.1) is 11.8 Å². The standard InChI is InChI=1S/C14H15ClFNO3S/c1-7(2)13-17(11(6-21-13)14(19)20)12(18)9-4-3-8(16)5-10(9)15/h3-5,7,11,13H,6H2,1-2H3,(H,19,20). The SMILES string of the molecule is CC(C)C1SCC(C(=O)O)N1C(=O)c1ccc(F)cc1Cl. The number of halogens is 2. The summed E-state index contributed by atoms with van der Waals surface area (Å²) in [6.07, 6.45) is 0. The highest BCUT2D eigenvalue weighted by atomic mass is 35.5. The number of hydrogen-bond donors (Lipinski definition) is 1. The van der Waals surface area contributed by atoms with Crippen LogP contribution in [0.1, 0.15) is 24.2 Å². The minimum atomic E-state index is -1.04. The second kappa shape index (κ2) is 6.23. The van der Waals surface area contributed by atoms with Crippen LogP contribution >= 0.6 is 23.4 Å². The Morgan fingerprint density at radius 1 is 1.48 bits per heavy atom. The van der Waals surface area contributed by atoms with Crippen LogP contribution < -0.4 is 0 Å². The molecule has 0 bridgehead atoms. The van der Waals surface area contributed by atoms with Gasteiger partial charge in [0.05, 0.1) is 16.0 Å². The van der Waals surface area contributed by atoms with Crippen LogP contribution in [0.15, 0.2) is 18.2 Å². The predicted molar refractivity (Wildman–Crippen MR) is 80.1 cm³/mol. The summed E-state index contributed by atoms with van der Waals surface area (Å²) in [5.41, 5.74) is 0.123. The highest BCUT2D eigenvalue weighted by molar-refractivity contribution is 8.00. The van der Waals surface area contributed by atoms with Crippen molar-refractivity contribution in [3.05, 3.63) is 34.6 Å². The molecule has 2 unspecified atom stereocenters. The van der Waals surface area contributed by atoms with Crippen LogP contribution in [0.2, 0.25) is 5.02 Å². The molecule has 0 spiro atoms. The fourth-order valence-electron chi connectivity index (χ4n) is 2.29. The monoisotopic (exact) mass is 331 g/mol. The van der Waals surface area contributed by atoms with Crippen molar-refractivity contribution in [1.29, 1.82) is 0 Å². The Morgan fingerprint density at radius 3 is 2.67 bits per heavy atom. The number of carboxylic acids is 1. The Balaban J connectivity index is 2.39. The average Bonchev–Trinajstić information content (AvgIpc) is 2.82. The van der Waals surface area contributed by atoms with Gasteiger partial charge in [-0.2, -0.15) is 0 Å². The molecule has 7 heteroatoms. The number of carbonyl (C=O) groups excluding carboxylic acids is 1. The molecule has 1 heterocycles. The molecule has 21 heavy (non-hydrogen) atoms. The van der Waals surface area contributed by atoms with Gasteiger partial charge in [-0.05, 0) is 24.1 Å². The average molecular weight is 332 g/mol. The molecule has 1 fully saturated rings. The highest BCUT2D eigenvalue weighted by Crippen LogP contribution is 2.36. The fraction of sp³-hybridized carbons (Fsp3) is 0.429. The van der Waals surface area contributed by atoms with Crippen molar-refractivity contribution < 1.29 is 19.1 Å². The molecule has 4 nitrogen and oxygen atoms in total. The van der Waals surface area contributed by atoms with Gasteiger partial charge in [0.15, 0.2) is 0 Å². The molecule has 2 atom stereocenters. The lowest BCUT2D eigenvalue weighted by molar-refractivity contribution is -0.141. The largest absolute Gasteiger partial charge is 0.480 e. The molecule has 0 radical (unpaired) electrons. The Hall–Kier alpha value is -1.27. The van der Waals surface area contributed by atoms with Gasteiger partial charge in [-0.1, -0.05) is 25.4 Å². The van der Waals surface area contributed by atoms with Gasteiger partial charge >= 0.3 is 5.97 Å².